The minimum atomic E-state index is -0.724. The molecule has 0 radical (unpaired) electrons. The highest BCUT2D eigenvalue weighted by Crippen LogP contribution is 2.23. The number of ketones is 1. The summed E-state index contributed by atoms with van der Waals surface area (Å²) < 4.78 is 8.05. The second-order valence-electron chi connectivity index (χ2n) is 10.9. The first kappa shape index (κ1) is 28.5. The Morgan fingerprint density at radius 3 is 2.36 bits per heavy atom. The Morgan fingerprint density at radius 2 is 1.74 bits per heavy atom. The number of thiazole rings is 1. The number of benzene rings is 2. The number of rotatable bonds is 8. The molecule has 1 fully saturated rings. The van der Waals surface area contributed by atoms with Crippen molar-refractivity contribution in [3.8, 4) is 6.07 Å². The highest BCUT2D eigenvalue weighted by molar-refractivity contribution is 7.07. The number of aromatic nitrogens is 1. The first-order chi connectivity index (χ1) is 18.7. The van der Waals surface area contributed by atoms with Crippen molar-refractivity contribution in [2.75, 3.05) is 44.8 Å². The molecule has 4 rings (SSSR count). The number of ether oxygens (including phenoxy) is 1. The number of anilines is 2. The molecule has 0 saturated carbocycles. The lowest BCUT2D eigenvalue weighted by Crippen LogP contribution is -3.14. The van der Waals surface area contributed by atoms with E-state index in [1.165, 1.54) is 16.2 Å². The van der Waals surface area contributed by atoms with E-state index in [1.807, 2.05) is 55.6 Å². The Hall–Kier alpha value is -3.51. The maximum atomic E-state index is 13.6. The van der Waals surface area contributed by atoms with Crippen molar-refractivity contribution in [2.45, 2.75) is 33.7 Å². The van der Waals surface area contributed by atoms with Gasteiger partial charge in [0.1, 0.15) is 29.4 Å². The Morgan fingerprint density at radius 1 is 1.10 bits per heavy atom. The van der Waals surface area contributed by atoms with Gasteiger partial charge < -0.3 is 14.5 Å². The molecule has 1 saturated heterocycles. The summed E-state index contributed by atoms with van der Waals surface area (Å²) in [5.41, 5.74) is 2.18. The lowest BCUT2D eigenvalue weighted by Gasteiger charge is -2.23. The summed E-state index contributed by atoms with van der Waals surface area (Å²) in [6.07, 6.45) is 2.63. The third-order valence-electron chi connectivity index (χ3n) is 6.98. The molecule has 2 heterocycles. The van der Waals surface area contributed by atoms with Gasteiger partial charge in [0.15, 0.2) is 5.78 Å². The van der Waals surface area contributed by atoms with Gasteiger partial charge in [-0.1, -0.05) is 51.1 Å². The van der Waals surface area contributed by atoms with Crippen LogP contribution in [0, 0.1) is 16.7 Å². The van der Waals surface area contributed by atoms with Crippen LogP contribution in [0.3, 0.4) is 0 Å². The second-order valence-corrected chi connectivity index (χ2v) is 11.9. The van der Waals surface area contributed by atoms with Gasteiger partial charge >= 0.3 is 0 Å². The summed E-state index contributed by atoms with van der Waals surface area (Å²) in [5.74, 6) is -0.251. The molecule has 0 aliphatic carbocycles. The molecular weight excluding hydrogens is 508 g/mol. The van der Waals surface area contributed by atoms with E-state index >= 15 is 0 Å². The fourth-order valence-electron chi connectivity index (χ4n) is 4.62. The summed E-state index contributed by atoms with van der Waals surface area (Å²) in [6, 6.07) is 20.2. The van der Waals surface area contributed by atoms with E-state index in [0.717, 1.165) is 56.2 Å². The second kappa shape index (κ2) is 12.6. The SMILES string of the molecule is CN(c1ccccc1)c1ccc(/C=c2\s/c(=C(\C#N)C(=O)C(C)(C)C)n(CCC[NH+]3CCOCC3)c2=O)cc1. The highest BCUT2D eigenvalue weighted by atomic mass is 32.1. The molecule has 1 aliphatic heterocycles. The number of nitrogens with one attached hydrogen (secondary N) is 1. The van der Waals surface area contributed by atoms with Crippen LogP contribution in [0.25, 0.3) is 11.6 Å². The molecule has 1 aliphatic rings. The molecule has 0 amide bonds. The minimum Gasteiger partial charge on any atom is -0.370 e. The van der Waals surface area contributed by atoms with E-state index in [4.69, 9.17) is 4.74 Å². The van der Waals surface area contributed by atoms with Gasteiger partial charge in [-0.25, -0.2) is 0 Å². The summed E-state index contributed by atoms with van der Waals surface area (Å²) in [5, 5.41) is 9.98. The molecule has 8 heteroatoms. The van der Waals surface area contributed by atoms with Crippen LogP contribution < -0.4 is 24.6 Å². The van der Waals surface area contributed by atoms with E-state index in [2.05, 4.69) is 23.1 Å². The number of quaternary nitrogens is 1. The third-order valence-corrected chi connectivity index (χ3v) is 8.11. The first-order valence-electron chi connectivity index (χ1n) is 13.4. The monoisotopic (exact) mass is 545 g/mol. The zero-order valence-electron chi connectivity index (χ0n) is 23.2. The molecule has 0 unspecified atom stereocenters. The van der Waals surface area contributed by atoms with Crippen molar-refractivity contribution >= 4 is 40.1 Å². The summed E-state index contributed by atoms with van der Waals surface area (Å²) in [6.45, 7) is 10.2. The Labute approximate surface area is 233 Å². The fourth-order valence-corrected chi connectivity index (χ4v) is 5.75. The number of hydrogen-bond donors (Lipinski definition) is 1. The Bertz CT molecular complexity index is 1500. The number of nitriles is 1. The summed E-state index contributed by atoms with van der Waals surface area (Å²) in [7, 11) is 2.02. The molecule has 0 atom stereocenters. The summed E-state index contributed by atoms with van der Waals surface area (Å²) in [4.78, 5) is 30.3. The number of morpholine rings is 1. The molecule has 0 spiro atoms. The van der Waals surface area contributed by atoms with Crippen molar-refractivity contribution in [1.29, 1.82) is 5.26 Å². The van der Waals surface area contributed by atoms with Crippen LogP contribution in [0.1, 0.15) is 32.8 Å². The van der Waals surface area contributed by atoms with E-state index in [1.54, 1.807) is 25.3 Å². The van der Waals surface area contributed by atoms with Gasteiger partial charge in [0.05, 0.1) is 24.3 Å². The quantitative estimate of drug-likeness (QED) is 0.469. The van der Waals surface area contributed by atoms with Gasteiger partial charge in [-0.2, -0.15) is 5.26 Å². The number of Topliss-reactive ketones (excluding diaryl/α,β-unsaturated/α-hetero) is 1. The normalized spacial score (nSPS) is 15.6. The number of hydrogen-bond acceptors (Lipinski definition) is 6. The number of carbonyl (C=O) groups excluding carboxylic acids is 1. The number of carbonyl (C=O) groups is 1. The van der Waals surface area contributed by atoms with Crippen molar-refractivity contribution in [3.05, 3.63) is 79.7 Å². The standard InChI is InChI=1S/C31H36N4O3S/c1-31(2,3)28(36)26(22-32)30-35(16-8-15-34-17-19-38-20-18-34)29(37)27(39-30)21-23-11-13-25(14-12-23)33(4)24-9-6-5-7-10-24/h5-7,9-14,21H,8,15-20H2,1-4H3/p+1/b27-21-,30-26+. The van der Waals surface area contributed by atoms with Gasteiger partial charge in [0.25, 0.3) is 5.56 Å². The largest absolute Gasteiger partial charge is 0.370 e. The van der Waals surface area contributed by atoms with Gasteiger partial charge in [-0.3, -0.25) is 14.2 Å². The molecule has 39 heavy (non-hydrogen) atoms. The van der Waals surface area contributed by atoms with Crippen LogP contribution in [0.5, 0.6) is 0 Å². The zero-order chi connectivity index (χ0) is 28.0. The smallest absolute Gasteiger partial charge is 0.269 e. The lowest BCUT2D eigenvalue weighted by atomic mass is 9.87. The average molecular weight is 546 g/mol. The van der Waals surface area contributed by atoms with Crippen LogP contribution >= 0.6 is 11.3 Å². The topological polar surface area (TPSA) is 79.8 Å². The van der Waals surface area contributed by atoms with Crippen LogP contribution in [-0.4, -0.2) is 50.2 Å². The van der Waals surface area contributed by atoms with Gasteiger partial charge in [0.2, 0.25) is 0 Å². The molecule has 2 aromatic carbocycles. The fraction of sp³-hybridized carbons (Fsp3) is 0.387. The molecule has 204 valence electrons. The average Bonchev–Trinajstić information content (AvgIpc) is 3.24. The minimum absolute atomic E-state index is 0.0582. The third kappa shape index (κ3) is 6.93. The van der Waals surface area contributed by atoms with Crippen molar-refractivity contribution < 1.29 is 14.4 Å². The Kier molecular flexibility index (Phi) is 9.18. The summed E-state index contributed by atoms with van der Waals surface area (Å²) >= 11 is 1.23. The highest BCUT2D eigenvalue weighted by Gasteiger charge is 2.27. The van der Waals surface area contributed by atoms with E-state index in [9.17, 15) is 14.9 Å². The zero-order valence-corrected chi connectivity index (χ0v) is 24.0. The van der Waals surface area contributed by atoms with E-state index < -0.39 is 5.41 Å². The van der Waals surface area contributed by atoms with Gasteiger partial charge in [-0.15, -0.1) is 11.3 Å². The predicted molar refractivity (Wildman–Crippen MR) is 157 cm³/mol. The van der Waals surface area contributed by atoms with Gasteiger partial charge in [0, 0.05) is 36.8 Å². The van der Waals surface area contributed by atoms with Gasteiger partial charge in [-0.05, 0) is 35.9 Å². The molecule has 1 N–H and O–H groups in total. The predicted octanol–water partition coefficient (Wildman–Crippen LogP) is 2.10. The molecular formula is C31H37N4O3S+. The Balaban J connectivity index is 1.70. The molecule has 1 aromatic heterocycles. The van der Waals surface area contributed by atoms with Crippen molar-refractivity contribution in [1.82, 2.24) is 4.57 Å². The molecule has 7 nitrogen and oxygen atoms in total. The maximum Gasteiger partial charge on any atom is 0.269 e. The van der Waals surface area contributed by atoms with E-state index in [-0.39, 0.29) is 16.9 Å². The van der Waals surface area contributed by atoms with Crippen LogP contribution in [0.4, 0.5) is 11.4 Å². The maximum absolute atomic E-state index is 13.6. The van der Waals surface area contributed by atoms with Crippen LogP contribution in [0.2, 0.25) is 0 Å². The van der Waals surface area contributed by atoms with Crippen LogP contribution in [-0.2, 0) is 16.1 Å². The number of nitrogens with zero attached hydrogens (tertiary/aromatic N) is 3. The first-order valence-corrected chi connectivity index (χ1v) is 14.2. The lowest BCUT2D eigenvalue weighted by molar-refractivity contribution is -0.908. The van der Waals surface area contributed by atoms with Crippen molar-refractivity contribution in [3.63, 3.8) is 0 Å². The molecule has 0 bridgehead atoms. The van der Waals surface area contributed by atoms with Crippen LogP contribution in [0.15, 0.2) is 59.4 Å². The number of para-hydroxylation sites is 1. The molecule has 3 aromatic rings. The van der Waals surface area contributed by atoms with Crippen molar-refractivity contribution in [2.24, 2.45) is 5.41 Å². The van der Waals surface area contributed by atoms with E-state index in [0.29, 0.717) is 15.7 Å².